The molecule has 3 nitrogen and oxygen atoms in total. The van der Waals surface area contributed by atoms with Gasteiger partial charge in [0.1, 0.15) is 0 Å². The van der Waals surface area contributed by atoms with Crippen molar-refractivity contribution in [3.63, 3.8) is 0 Å². The number of pyridine rings is 1. The zero-order valence-electron chi connectivity index (χ0n) is 10.2. The number of nitrogen functional groups attached to an aromatic ring is 1. The van der Waals surface area contributed by atoms with Crippen molar-refractivity contribution >= 4 is 17.2 Å². The lowest BCUT2D eigenvalue weighted by molar-refractivity contribution is 1.14. The van der Waals surface area contributed by atoms with Crippen molar-refractivity contribution in [2.24, 2.45) is 0 Å². The van der Waals surface area contributed by atoms with Crippen LogP contribution in [0.4, 0.5) is 17.2 Å². The van der Waals surface area contributed by atoms with Gasteiger partial charge in [0.15, 0.2) is 5.82 Å². The minimum atomic E-state index is 0.701. The summed E-state index contributed by atoms with van der Waals surface area (Å²) in [5.74, 6) is 0.717. The highest BCUT2D eigenvalue weighted by atomic mass is 15.0. The van der Waals surface area contributed by atoms with Gasteiger partial charge in [-0.3, -0.25) is 0 Å². The Hall–Kier alpha value is -2.03. The third-order valence-corrected chi connectivity index (χ3v) is 2.83. The summed E-state index contributed by atoms with van der Waals surface area (Å²) >= 11 is 0. The summed E-state index contributed by atoms with van der Waals surface area (Å²) in [6.45, 7) is 4.12. The number of anilines is 3. The minimum absolute atomic E-state index is 0.701. The van der Waals surface area contributed by atoms with Crippen LogP contribution in [0.2, 0.25) is 0 Å². The van der Waals surface area contributed by atoms with Crippen LogP contribution in [0.25, 0.3) is 0 Å². The molecular formula is C14H17N3. The number of rotatable bonds is 3. The van der Waals surface area contributed by atoms with Gasteiger partial charge < -0.3 is 11.1 Å². The lowest BCUT2D eigenvalue weighted by atomic mass is 10.1. The van der Waals surface area contributed by atoms with Crippen molar-refractivity contribution in [1.29, 1.82) is 0 Å². The average Bonchev–Trinajstić information content (AvgIpc) is 2.36. The van der Waals surface area contributed by atoms with Gasteiger partial charge >= 0.3 is 0 Å². The van der Waals surface area contributed by atoms with Gasteiger partial charge in [0.2, 0.25) is 0 Å². The SMILES string of the molecule is CCc1ccc(Nc2nccc(C)c2N)cc1. The predicted octanol–water partition coefficient (Wildman–Crippen LogP) is 3.28. The molecule has 0 amide bonds. The molecule has 0 saturated carbocycles. The Morgan fingerprint density at radius 1 is 1.18 bits per heavy atom. The topological polar surface area (TPSA) is 50.9 Å². The van der Waals surface area contributed by atoms with Crippen LogP contribution >= 0.6 is 0 Å². The zero-order chi connectivity index (χ0) is 12.3. The van der Waals surface area contributed by atoms with E-state index in [1.165, 1.54) is 5.56 Å². The van der Waals surface area contributed by atoms with E-state index < -0.39 is 0 Å². The number of aryl methyl sites for hydroxylation is 2. The molecule has 0 atom stereocenters. The maximum atomic E-state index is 5.96. The molecular weight excluding hydrogens is 210 g/mol. The fraction of sp³-hybridized carbons (Fsp3) is 0.214. The van der Waals surface area contributed by atoms with Crippen molar-refractivity contribution in [1.82, 2.24) is 4.98 Å². The largest absolute Gasteiger partial charge is 0.396 e. The Morgan fingerprint density at radius 2 is 1.88 bits per heavy atom. The Bertz CT molecular complexity index is 503. The highest BCUT2D eigenvalue weighted by molar-refractivity contribution is 5.71. The van der Waals surface area contributed by atoms with Crippen LogP contribution in [0.5, 0.6) is 0 Å². The summed E-state index contributed by atoms with van der Waals surface area (Å²) in [4.78, 5) is 4.24. The van der Waals surface area contributed by atoms with E-state index in [-0.39, 0.29) is 0 Å². The van der Waals surface area contributed by atoms with Gasteiger partial charge in [-0.1, -0.05) is 19.1 Å². The van der Waals surface area contributed by atoms with Crippen molar-refractivity contribution in [3.8, 4) is 0 Å². The van der Waals surface area contributed by atoms with E-state index >= 15 is 0 Å². The summed E-state index contributed by atoms with van der Waals surface area (Å²) in [5, 5.41) is 3.23. The maximum Gasteiger partial charge on any atom is 0.153 e. The fourth-order valence-corrected chi connectivity index (χ4v) is 1.63. The van der Waals surface area contributed by atoms with Crippen LogP contribution < -0.4 is 11.1 Å². The number of nitrogens with two attached hydrogens (primary N) is 1. The number of aromatic nitrogens is 1. The minimum Gasteiger partial charge on any atom is -0.396 e. The van der Waals surface area contributed by atoms with E-state index in [4.69, 9.17) is 5.73 Å². The Labute approximate surface area is 102 Å². The number of hydrogen-bond acceptors (Lipinski definition) is 3. The molecule has 2 rings (SSSR count). The molecule has 0 fully saturated rings. The van der Waals surface area contributed by atoms with Gasteiger partial charge in [0.25, 0.3) is 0 Å². The summed E-state index contributed by atoms with van der Waals surface area (Å²) < 4.78 is 0. The molecule has 88 valence electrons. The number of benzene rings is 1. The zero-order valence-corrected chi connectivity index (χ0v) is 10.2. The second-order valence-corrected chi connectivity index (χ2v) is 4.07. The molecule has 0 aliphatic heterocycles. The second-order valence-electron chi connectivity index (χ2n) is 4.07. The highest BCUT2D eigenvalue weighted by Gasteiger charge is 2.03. The molecule has 17 heavy (non-hydrogen) atoms. The Kier molecular flexibility index (Phi) is 3.28. The average molecular weight is 227 g/mol. The molecule has 0 unspecified atom stereocenters. The van der Waals surface area contributed by atoms with Crippen molar-refractivity contribution in [3.05, 3.63) is 47.7 Å². The molecule has 1 aromatic carbocycles. The van der Waals surface area contributed by atoms with Crippen LogP contribution in [0, 0.1) is 6.92 Å². The molecule has 0 radical (unpaired) electrons. The first-order chi connectivity index (χ1) is 8.20. The van der Waals surface area contributed by atoms with Crippen molar-refractivity contribution in [2.75, 3.05) is 11.1 Å². The molecule has 0 saturated heterocycles. The van der Waals surface area contributed by atoms with Gasteiger partial charge in [-0.2, -0.15) is 0 Å². The molecule has 0 bridgehead atoms. The number of nitrogens with zero attached hydrogens (tertiary/aromatic N) is 1. The second kappa shape index (κ2) is 4.87. The first-order valence-corrected chi connectivity index (χ1v) is 5.77. The van der Waals surface area contributed by atoms with Crippen molar-refractivity contribution in [2.45, 2.75) is 20.3 Å². The first-order valence-electron chi connectivity index (χ1n) is 5.77. The summed E-state index contributed by atoms with van der Waals surface area (Å²) in [5.41, 5.74) is 10.0. The lowest BCUT2D eigenvalue weighted by Crippen LogP contribution is -2.00. The monoisotopic (exact) mass is 227 g/mol. The highest BCUT2D eigenvalue weighted by Crippen LogP contribution is 2.23. The van der Waals surface area contributed by atoms with E-state index in [1.807, 2.05) is 25.1 Å². The van der Waals surface area contributed by atoms with Gasteiger partial charge in [-0.05, 0) is 42.7 Å². The van der Waals surface area contributed by atoms with Crippen LogP contribution in [-0.2, 0) is 6.42 Å². The van der Waals surface area contributed by atoms with E-state index in [2.05, 4.69) is 29.4 Å². The predicted molar refractivity (Wildman–Crippen MR) is 72.5 cm³/mol. The lowest BCUT2D eigenvalue weighted by Gasteiger charge is -2.10. The Morgan fingerprint density at radius 3 is 2.53 bits per heavy atom. The molecule has 0 spiro atoms. The van der Waals surface area contributed by atoms with Crippen LogP contribution in [0.3, 0.4) is 0 Å². The van der Waals surface area contributed by atoms with Gasteiger partial charge in [0.05, 0.1) is 5.69 Å². The third-order valence-electron chi connectivity index (χ3n) is 2.83. The van der Waals surface area contributed by atoms with E-state index in [0.29, 0.717) is 11.5 Å². The molecule has 1 aromatic heterocycles. The maximum absolute atomic E-state index is 5.96. The van der Waals surface area contributed by atoms with Crippen LogP contribution in [0.15, 0.2) is 36.5 Å². The normalized spacial score (nSPS) is 10.2. The molecule has 0 aliphatic carbocycles. The van der Waals surface area contributed by atoms with Crippen molar-refractivity contribution < 1.29 is 0 Å². The molecule has 2 aromatic rings. The standard InChI is InChI=1S/C14H17N3/c1-3-11-4-6-12(7-5-11)17-14-13(15)10(2)8-9-16-14/h4-9H,3,15H2,1-2H3,(H,16,17). The molecule has 1 heterocycles. The van der Waals surface area contributed by atoms with E-state index in [0.717, 1.165) is 17.7 Å². The molecule has 3 heteroatoms. The summed E-state index contributed by atoms with van der Waals surface area (Å²) in [6, 6.07) is 10.2. The first kappa shape index (κ1) is 11.5. The smallest absolute Gasteiger partial charge is 0.153 e. The molecule has 0 aliphatic rings. The summed E-state index contributed by atoms with van der Waals surface area (Å²) in [7, 11) is 0. The van der Waals surface area contributed by atoms with Gasteiger partial charge in [0, 0.05) is 11.9 Å². The van der Waals surface area contributed by atoms with Crippen LogP contribution in [0.1, 0.15) is 18.1 Å². The molecule has 3 N–H and O–H groups in total. The van der Waals surface area contributed by atoms with Gasteiger partial charge in [-0.15, -0.1) is 0 Å². The quantitative estimate of drug-likeness (QED) is 0.846. The van der Waals surface area contributed by atoms with Crippen LogP contribution in [-0.4, -0.2) is 4.98 Å². The summed E-state index contributed by atoms with van der Waals surface area (Å²) in [6.07, 6.45) is 2.81. The van der Waals surface area contributed by atoms with E-state index in [1.54, 1.807) is 6.20 Å². The third kappa shape index (κ3) is 2.56. The fourth-order valence-electron chi connectivity index (χ4n) is 1.63. The number of hydrogen-bond donors (Lipinski definition) is 2. The Balaban J connectivity index is 2.22. The number of nitrogens with one attached hydrogen (secondary N) is 1. The van der Waals surface area contributed by atoms with E-state index in [9.17, 15) is 0 Å². The van der Waals surface area contributed by atoms with Gasteiger partial charge in [-0.25, -0.2) is 4.98 Å².